The third-order valence-corrected chi connectivity index (χ3v) is 3.91. The van der Waals surface area contributed by atoms with Gasteiger partial charge in [-0.3, -0.25) is 4.79 Å². The number of carboxylic acids is 1. The lowest BCUT2D eigenvalue weighted by atomic mass is 9.79. The van der Waals surface area contributed by atoms with Gasteiger partial charge in [-0.2, -0.15) is 0 Å². The number of fused-ring (bicyclic) bond motifs is 1. The van der Waals surface area contributed by atoms with Crippen LogP contribution in [0.1, 0.15) is 32.1 Å². The molecular weight excluding hydrogens is 178 g/mol. The Hall–Kier alpha value is -0.570. The molecule has 1 saturated carbocycles. The second kappa shape index (κ2) is 3.89. The molecular formula is C11H19NO2. The third-order valence-electron chi connectivity index (χ3n) is 3.91. The first-order valence-corrected chi connectivity index (χ1v) is 5.60. The maximum atomic E-state index is 10.7. The molecule has 0 amide bonds. The molecule has 1 heterocycles. The normalized spacial score (nSPS) is 38.2. The summed E-state index contributed by atoms with van der Waals surface area (Å²) in [7, 11) is 2.14. The van der Waals surface area contributed by atoms with E-state index in [1.807, 2.05) is 0 Å². The van der Waals surface area contributed by atoms with Crippen LogP contribution in [0.25, 0.3) is 0 Å². The van der Waals surface area contributed by atoms with E-state index >= 15 is 0 Å². The quantitative estimate of drug-likeness (QED) is 0.730. The van der Waals surface area contributed by atoms with E-state index in [1.54, 1.807) is 0 Å². The smallest absolute Gasteiger partial charge is 0.303 e. The number of hydrogen-bond donors (Lipinski definition) is 1. The lowest BCUT2D eigenvalue weighted by Gasteiger charge is -2.30. The average molecular weight is 197 g/mol. The van der Waals surface area contributed by atoms with Crippen molar-refractivity contribution >= 4 is 5.97 Å². The molecule has 1 saturated heterocycles. The minimum absolute atomic E-state index is 0.367. The van der Waals surface area contributed by atoms with Gasteiger partial charge in [0.1, 0.15) is 0 Å². The van der Waals surface area contributed by atoms with Crippen LogP contribution in [0.15, 0.2) is 0 Å². The molecule has 3 heteroatoms. The molecule has 2 rings (SSSR count). The van der Waals surface area contributed by atoms with Crippen LogP contribution >= 0.6 is 0 Å². The van der Waals surface area contributed by atoms with Crippen molar-refractivity contribution in [1.82, 2.24) is 4.90 Å². The van der Waals surface area contributed by atoms with Gasteiger partial charge >= 0.3 is 5.97 Å². The number of carbonyl (C=O) groups is 1. The molecule has 2 fully saturated rings. The van der Waals surface area contributed by atoms with Crippen LogP contribution in [0.2, 0.25) is 0 Å². The highest BCUT2D eigenvalue weighted by Crippen LogP contribution is 2.40. The van der Waals surface area contributed by atoms with Crippen molar-refractivity contribution in [1.29, 1.82) is 0 Å². The van der Waals surface area contributed by atoms with Gasteiger partial charge in [-0.15, -0.1) is 0 Å². The van der Waals surface area contributed by atoms with Crippen LogP contribution in [0.5, 0.6) is 0 Å². The molecule has 0 spiro atoms. The fourth-order valence-corrected chi connectivity index (χ4v) is 3.32. The molecule has 14 heavy (non-hydrogen) atoms. The highest BCUT2D eigenvalue weighted by Gasteiger charge is 2.41. The van der Waals surface area contributed by atoms with Crippen molar-refractivity contribution in [3.8, 4) is 0 Å². The van der Waals surface area contributed by atoms with E-state index in [-0.39, 0.29) is 0 Å². The molecule has 2 aliphatic rings. The van der Waals surface area contributed by atoms with Crippen molar-refractivity contribution in [2.75, 3.05) is 13.6 Å². The standard InChI is InChI=1S/C11H19NO2/c1-12-7-8(6-11(13)14)9-4-2-3-5-10(9)12/h8-10H,2-7H2,1H3,(H,13,14). The summed E-state index contributed by atoms with van der Waals surface area (Å²) in [6.07, 6.45) is 5.51. The fraction of sp³-hybridized carbons (Fsp3) is 0.909. The van der Waals surface area contributed by atoms with E-state index in [9.17, 15) is 4.79 Å². The number of nitrogens with zero attached hydrogens (tertiary/aromatic N) is 1. The van der Waals surface area contributed by atoms with Crippen molar-refractivity contribution in [3.63, 3.8) is 0 Å². The number of likely N-dealkylation sites (tertiary alicyclic amines) is 1. The van der Waals surface area contributed by atoms with E-state index < -0.39 is 5.97 Å². The van der Waals surface area contributed by atoms with Gasteiger partial charge in [0, 0.05) is 19.0 Å². The zero-order chi connectivity index (χ0) is 10.1. The average Bonchev–Trinajstić information content (AvgIpc) is 2.44. The minimum atomic E-state index is -0.630. The first kappa shape index (κ1) is 9.97. The van der Waals surface area contributed by atoms with Crippen molar-refractivity contribution in [3.05, 3.63) is 0 Å². The maximum Gasteiger partial charge on any atom is 0.303 e. The van der Waals surface area contributed by atoms with E-state index in [2.05, 4.69) is 11.9 Å². The lowest BCUT2D eigenvalue weighted by Crippen LogP contribution is -2.32. The van der Waals surface area contributed by atoms with Gasteiger partial charge in [0.2, 0.25) is 0 Å². The second-order valence-electron chi connectivity index (χ2n) is 4.81. The fourth-order valence-electron chi connectivity index (χ4n) is 3.32. The van der Waals surface area contributed by atoms with Gasteiger partial charge in [0.05, 0.1) is 0 Å². The topological polar surface area (TPSA) is 40.5 Å². The summed E-state index contributed by atoms with van der Waals surface area (Å²) in [6, 6.07) is 0.674. The predicted molar refractivity (Wildman–Crippen MR) is 54.1 cm³/mol. The summed E-state index contributed by atoms with van der Waals surface area (Å²) >= 11 is 0. The van der Waals surface area contributed by atoms with Crippen molar-refractivity contribution < 1.29 is 9.90 Å². The number of carboxylic acid groups (broad SMARTS) is 1. The van der Waals surface area contributed by atoms with Gasteiger partial charge < -0.3 is 10.0 Å². The largest absolute Gasteiger partial charge is 0.481 e. The molecule has 3 nitrogen and oxygen atoms in total. The molecule has 0 radical (unpaired) electrons. The highest BCUT2D eigenvalue weighted by atomic mass is 16.4. The highest BCUT2D eigenvalue weighted by molar-refractivity contribution is 5.67. The maximum absolute atomic E-state index is 10.7. The first-order valence-electron chi connectivity index (χ1n) is 5.60. The Morgan fingerprint density at radius 2 is 2.14 bits per heavy atom. The zero-order valence-electron chi connectivity index (χ0n) is 8.78. The Bertz CT molecular complexity index is 229. The van der Waals surface area contributed by atoms with Crippen LogP contribution in [-0.2, 0) is 4.79 Å². The Morgan fingerprint density at radius 3 is 2.86 bits per heavy atom. The van der Waals surface area contributed by atoms with E-state index in [0.29, 0.717) is 24.3 Å². The SMILES string of the molecule is CN1CC(CC(=O)O)C2CCCCC21. The Labute approximate surface area is 85.1 Å². The van der Waals surface area contributed by atoms with Crippen LogP contribution in [0, 0.1) is 11.8 Å². The summed E-state index contributed by atoms with van der Waals surface area (Å²) in [6.45, 7) is 0.988. The molecule has 0 bridgehead atoms. The molecule has 1 aliphatic carbocycles. The van der Waals surface area contributed by atoms with E-state index in [1.165, 1.54) is 25.7 Å². The third kappa shape index (κ3) is 1.78. The molecule has 1 aliphatic heterocycles. The summed E-state index contributed by atoms with van der Waals surface area (Å²) in [4.78, 5) is 13.1. The monoisotopic (exact) mass is 197 g/mol. The lowest BCUT2D eigenvalue weighted by molar-refractivity contribution is -0.138. The first-order chi connectivity index (χ1) is 6.68. The van der Waals surface area contributed by atoms with Crippen molar-refractivity contribution in [2.24, 2.45) is 11.8 Å². The number of aliphatic carboxylic acids is 1. The molecule has 1 N–H and O–H groups in total. The van der Waals surface area contributed by atoms with E-state index in [0.717, 1.165) is 6.54 Å². The Kier molecular flexibility index (Phi) is 2.77. The molecule has 0 aromatic rings. The van der Waals surface area contributed by atoms with Gasteiger partial charge in [-0.05, 0) is 31.7 Å². The van der Waals surface area contributed by atoms with Gasteiger partial charge in [-0.25, -0.2) is 0 Å². The van der Waals surface area contributed by atoms with Gasteiger partial charge in [0.15, 0.2) is 0 Å². The molecule has 0 aromatic heterocycles. The zero-order valence-corrected chi connectivity index (χ0v) is 8.78. The summed E-state index contributed by atoms with van der Waals surface area (Å²) in [5.41, 5.74) is 0. The Morgan fingerprint density at radius 1 is 1.43 bits per heavy atom. The Balaban J connectivity index is 2.02. The predicted octanol–water partition coefficient (Wildman–Crippen LogP) is 1.58. The number of hydrogen-bond acceptors (Lipinski definition) is 2. The second-order valence-corrected chi connectivity index (χ2v) is 4.81. The van der Waals surface area contributed by atoms with Crippen molar-refractivity contribution in [2.45, 2.75) is 38.1 Å². The summed E-state index contributed by atoms with van der Waals surface area (Å²) < 4.78 is 0. The van der Waals surface area contributed by atoms with Crippen LogP contribution in [0.3, 0.4) is 0 Å². The van der Waals surface area contributed by atoms with Crippen LogP contribution < -0.4 is 0 Å². The number of rotatable bonds is 2. The summed E-state index contributed by atoms with van der Waals surface area (Å²) in [5, 5.41) is 8.83. The van der Waals surface area contributed by atoms with Crippen LogP contribution in [0.4, 0.5) is 0 Å². The minimum Gasteiger partial charge on any atom is -0.481 e. The van der Waals surface area contributed by atoms with Crippen LogP contribution in [-0.4, -0.2) is 35.6 Å². The van der Waals surface area contributed by atoms with Gasteiger partial charge in [-0.1, -0.05) is 12.8 Å². The summed E-state index contributed by atoms with van der Waals surface area (Å²) in [5.74, 6) is 0.433. The molecule has 3 atom stereocenters. The molecule has 0 aromatic carbocycles. The molecule has 80 valence electrons. The molecule has 3 unspecified atom stereocenters. The van der Waals surface area contributed by atoms with E-state index in [4.69, 9.17) is 5.11 Å². The van der Waals surface area contributed by atoms with Gasteiger partial charge in [0.25, 0.3) is 0 Å².